The number of hydrogen-bond donors (Lipinski definition) is 0. The van der Waals surface area contributed by atoms with Crippen LogP contribution in [0.25, 0.3) is 0 Å². The van der Waals surface area contributed by atoms with Crippen LogP contribution in [0.15, 0.2) is 30.3 Å². The molecule has 0 N–H and O–H groups in total. The zero-order chi connectivity index (χ0) is 15.1. The molecule has 19 heavy (non-hydrogen) atoms. The molecule has 0 bridgehead atoms. The van der Waals surface area contributed by atoms with Crippen molar-refractivity contribution >= 4 is 5.78 Å². The van der Waals surface area contributed by atoms with Crippen molar-refractivity contribution in [2.24, 2.45) is 0 Å². The normalized spacial score (nSPS) is 14.1. The molecule has 2 nitrogen and oxygen atoms in total. The third-order valence-corrected chi connectivity index (χ3v) is 2.38. The van der Waals surface area contributed by atoms with Crippen molar-refractivity contribution in [3.8, 4) is 0 Å². The lowest BCUT2D eigenvalue weighted by Gasteiger charge is -2.32. The van der Waals surface area contributed by atoms with Crippen LogP contribution in [0.2, 0.25) is 0 Å². The number of rotatable bonds is 3. The molecular formula is C14H19F3O2. The van der Waals surface area contributed by atoms with Gasteiger partial charge < -0.3 is 4.74 Å². The lowest BCUT2D eigenvalue weighted by Crippen LogP contribution is -2.49. The van der Waals surface area contributed by atoms with Gasteiger partial charge in [0.15, 0.2) is 5.78 Å². The first-order chi connectivity index (χ1) is 8.77. The summed E-state index contributed by atoms with van der Waals surface area (Å²) in [6, 6.07) is 6.87. The van der Waals surface area contributed by atoms with E-state index in [1.807, 2.05) is 0 Å². The fraction of sp³-hybridized carbons (Fsp3) is 0.500. The van der Waals surface area contributed by atoms with Crippen molar-refractivity contribution in [1.29, 1.82) is 0 Å². The minimum atomic E-state index is -4.78. The molecule has 0 aliphatic heterocycles. The summed E-state index contributed by atoms with van der Waals surface area (Å²) in [6.45, 7) is 5.12. The summed E-state index contributed by atoms with van der Waals surface area (Å²) in [5.41, 5.74) is -3.08. The SMILES string of the molecule is CCC.CO[C@@](C(C)=O)(c1ccccc1)C(F)(F)F. The molecule has 1 rings (SSSR count). The van der Waals surface area contributed by atoms with E-state index in [9.17, 15) is 18.0 Å². The molecule has 0 spiro atoms. The first-order valence-corrected chi connectivity index (χ1v) is 5.96. The molecular weight excluding hydrogens is 257 g/mol. The predicted octanol–water partition coefficient (Wildman–Crippen LogP) is 4.10. The number of carbonyl (C=O) groups excluding carboxylic acids is 1. The molecule has 0 unspecified atom stereocenters. The van der Waals surface area contributed by atoms with Crippen LogP contribution in [0.3, 0.4) is 0 Å². The van der Waals surface area contributed by atoms with E-state index in [-0.39, 0.29) is 5.56 Å². The molecule has 0 saturated carbocycles. The molecule has 0 heterocycles. The van der Waals surface area contributed by atoms with Gasteiger partial charge in [0.2, 0.25) is 5.60 Å². The highest BCUT2D eigenvalue weighted by atomic mass is 19.4. The van der Waals surface area contributed by atoms with Crippen molar-refractivity contribution in [2.75, 3.05) is 7.11 Å². The van der Waals surface area contributed by atoms with Gasteiger partial charge in [-0.1, -0.05) is 50.6 Å². The minimum absolute atomic E-state index is 0.211. The summed E-state index contributed by atoms with van der Waals surface area (Å²) >= 11 is 0. The Morgan fingerprint density at radius 2 is 1.58 bits per heavy atom. The van der Waals surface area contributed by atoms with Gasteiger partial charge in [0, 0.05) is 12.7 Å². The van der Waals surface area contributed by atoms with Gasteiger partial charge >= 0.3 is 6.18 Å². The van der Waals surface area contributed by atoms with Gasteiger partial charge in [-0.15, -0.1) is 0 Å². The molecule has 0 radical (unpaired) electrons. The van der Waals surface area contributed by atoms with E-state index in [2.05, 4.69) is 18.6 Å². The average Bonchev–Trinajstić information content (AvgIpc) is 2.30. The van der Waals surface area contributed by atoms with Gasteiger partial charge in [0.25, 0.3) is 0 Å². The topological polar surface area (TPSA) is 26.3 Å². The summed E-state index contributed by atoms with van der Waals surface area (Å²) in [5.74, 6) is -1.09. The van der Waals surface area contributed by atoms with Crippen molar-refractivity contribution in [2.45, 2.75) is 39.0 Å². The van der Waals surface area contributed by atoms with E-state index in [0.717, 1.165) is 14.0 Å². The Morgan fingerprint density at radius 3 is 1.84 bits per heavy atom. The van der Waals surface area contributed by atoms with Crippen LogP contribution in [0, 0.1) is 0 Å². The summed E-state index contributed by atoms with van der Waals surface area (Å²) < 4.78 is 43.4. The molecule has 1 atom stereocenters. The highest BCUT2D eigenvalue weighted by Gasteiger charge is 2.60. The molecule has 0 amide bonds. The quantitative estimate of drug-likeness (QED) is 0.831. The fourth-order valence-corrected chi connectivity index (χ4v) is 1.62. The molecule has 0 aliphatic carbocycles. The predicted molar refractivity (Wildman–Crippen MR) is 67.8 cm³/mol. The van der Waals surface area contributed by atoms with Crippen LogP contribution >= 0.6 is 0 Å². The van der Waals surface area contributed by atoms with Crippen LogP contribution in [0.5, 0.6) is 0 Å². The number of methoxy groups -OCH3 is 1. The summed E-state index contributed by atoms with van der Waals surface area (Å²) in [7, 11) is 0.877. The van der Waals surface area contributed by atoms with Crippen molar-refractivity contribution in [3.05, 3.63) is 35.9 Å². The average molecular weight is 276 g/mol. The number of hydrogen-bond acceptors (Lipinski definition) is 2. The number of benzene rings is 1. The molecule has 108 valence electrons. The number of alkyl halides is 3. The van der Waals surface area contributed by atoms with Crippen molar-refractivity contribution in [1.82, 2.24) is 0 Å². The molecule has 0 aliphatic rings. The third kappa shape index (κ3) is 3.80. The molecule has 1 aromatic rings. The highest BCUT2D eigenvalue weighted by Crippen LogP contribution is 2.42. The maximum absolute atomic E-state index is 13.0. The van der Waals surface area contributed by atoms with E-state index in [1.165, 1.54) is 30.7 Å². The monoisotopic (exact) mass is 276 g/mol. The minimum Gasteiger partial charge on any atom is -0.358 e. The van der Waals surface area contributed by atoms with Gasteiger partial charge in [-0.2, -0.15) is 13.2 Å². The van der Waals surface area contributed by atoms with E-state index in [0.29, 0.717) is 0 Å². The van der Waals surface area contributed by atoms with Gasteiger partial charge in [-0.25, -0.2) is 0 Å². The van der Waals surface area contributed by atoms with Crippen LogP contribution in [-0.4, -0.2) is 19.1 Å². The second-order valence-corrected chi connectivity index (χ2v) is 4.01. The Morgan fingerprint density at radius 1 is 1.16 bits per heavy atom. The standard InChI is InChI=1S/C11H11F3O2.C3H8/c1-8(15)10(16-2,11(12,13)14)9-6-4-3-5-7-9;1-3-2/h3-7H,1-2H3;3H2,1-2H3/t10-;/m0./s1. The first kappa shape index (κ1) is 17.6. The Bertz CT molecular complexity index is 387. The summed E-state index contributed by atoms with van der Waals surface area (Å²) in [4.78, 5) is 11.3. The maximum atomic E-state index is 13.0. The van der Waals surface area contributed by atoms with E-state index in [4.69, 9.17) is 0 Å². The van der Waals surface area contributed by atoms with Crippen molar-refractivity contribution in [3.63, 3.8) is 0 Å². The number of halogens is 3. The van der Waals surface area contributed by atoms with Gasteiger partial charge in [0.1, 0.15) is 0 Å². The van der Waals surface area contributed by atoms with Gasteiger partial charge in [-0.3, -0.25) is 4.79 Å². The molecule has 5 heteroatoms. The number of ether oxygens (including phenoxy) is 1. The van der Waals surface area contributed by atoms with Gasteiger partial charge in [0.05, 0.1) is 0 Å². The van der Waals surface area contributed by atoms with E-state index in [1.54, 1.807) is 6.07 Å². The number of Topliss-reactive ketones (excluding diaryl/α,β-unsaturated/α-hetero) is 1. The van der Waals surface area contributed by atoms with Crippen LogP contribution in [0.1, 0.15) is 32.8 Å². The Hall–Kier alpha value is -1.36. The Balaban J connectivity index is 0.000000982. The highest BCUT2D eigenvalue weighted by molar-refractivity contribution is 5.87. The van der Waals surface area contributed by atoms with Crippen LogP contribution < -0.4 is 0 Å². The smallest absolute Gasteiger partial charge is 0.358 e. The second-order valence-electron chi connectivity index (χ2n) is 4.01. The fourth-order valence-electron chi connectivity index (χ4n) is 1.62. The lowest BCUT2D eigenvalue weighted by atomic mass is 9.89. The Kier molecular flexibility index (Phi) is 6.76. The second kappa shape index (κ2) is 7.28. The Labute approximate surface area is 111 Å². The van der Waals surface area contributed by atoms with Crippen LogP contribution in [0.4, 0.5) is 13.2 Å². The largest absolute Gasteiger partial charge is 0.428 e. The first-order valence-electron chi connectivity index (χ1n) is 5.96. The summed E-state index contributed by atoms with van der Waals surface area (Å²) in [5, 5.41) is 0. The molecule has 0 fully saturated rings. The maximum Gasteiger partial charge on any atom is 0.428 e. The zero-order valence-electron chi connectivity index (χ0n) is 11.5. The lowest BCUT2D eigenvalue weighted by molar-refractivity contribution is -0.263. The van der Waals surface area contributed by atoms with Crippen molar-refractivity contribution < 1.29 is 22.7 Å². The van der Waals surface area contributed by atoms with E-state index >= 15 is 0 Å². The van der Waals surface area contributed by atoms with E-state index < -0.39 is 17.6 Å². The molecule has 0 aromatic heterocycles. The number of ketones is 1. The molecule has 0 saturated heterocycles. The third-order valence-electron chi connectivity index (χ3n) is 2.38. The number of carbonyl (C=O) groups is 1. The summed E-state index contributed by atoms with van der Waals surface area (Å²) in [6.07, 6.45) is -3.53. The van der Waals surface area contributed by atoms with Crippen LogP contribution in [-0.2, 0) is 15.1 Å². The molecule has 1 aromatic carbocycles. The van der Waals surface area contributed by atoms with Gasteiger partial charge in [-0.05, 0) is 6.92 Å². The zero-order valence-corrected chi connectivity index (χ0v) is 11.5.